The number of fused-ring (bicyclic) bond motifs is 2. The number of carbonyl (C=O) groups is 4. The molecule has 41 heavy (non-hydrogen) atoms. The lowest BCUT2D eigenvalue weighted by molar-refractivity contribution is -0.136. The van der Waals surface area contributed by atoms with Gasteiger partial charge in [0.15, 0.2) is 0 Å². The van der Waals surface area contributed by atoms with Crippen LogP contribution in [0.25, 0.3) is 16.6 Å². The quantitative estimate of drug-likeness (QED) is 0.234. The lowest BCUT2D eigenvalue weighted by Crippen LogP contribution is -2.54. The lowest BCUT2D eigenvalue weighted by atomic mass is 9.78. The molecule has 3 aromatic rings. The Balaban J connectivity index is 0.987. The molecule has 0 spiro atoms. The van der Waals surface area contributed by atoms with E-state index in [4.69, 9.17) is 5.41 Å². The lowest BCUT2D eigenvalue weighted by Gasteiger charge is -2.36. The Morgan fingerprint density at radius 2 is 1.83 bits per heavy atom. The van der Waals surface area contributed by atoms with Gasteiger partial charge in [0.25, 0.3) is 11.8 Å². The van der Waals surface area contributed by atoms with Crippen molar-refractivity contribution in [3.8, 4) is 0 Å². The van der Waals surface area contributed by atoms with E-state index in [0.29, 0.717) is 29.8 Å². The highest BCUT2D eigenvalue weighted by Gasteiger charge is 2.44. The van der Waals surface area contributed by atoms with Gasteiger partial charge < -0.3 is 16.0 Å². The molecule has 4 N–H and O–H groups in total. The third-order valence-corrected chi connectivity index (χ3v) is 7.93. The first-order valence-electron chi connectivity index (χ1n) is 13.7. The topological polar surface area (TPSA) is 157 Å². The molecule has 4 amide bonds. The second kappa shape index (κ2) is 10.9. The fourth-order valence-corrected chi connectivity index (χ4v) is 5.60. The van der Waals surface area contributed by atoms with Crippen molar-refractivity contribution in [3.63, 3.8) is 0 Å². The van der Waals surface area contributed by atoms with Crippen LogP contribution in [0.3, 0.4) is 0 Å². The maximum atomic E-state index is 13.0. The number of aromatic nitrogens is 2. The second-order valence-electron chi connectivity index (χ2n) is 10.6. The summed E-state index contributed by atoms with van der Waals surface area (Å²) in [5.41, 5.74) is 4.21. The minimum Gasteiger partial charge on any atom is -0.388 e. The zero-order valence-corrected chi connectivity index (χ0v) is 22.2. The molecule has 2 aliphatic heterocycles. The van der Waals surface area contributed by atoms with E-state index >= 15 is 0 Å². The number of rotatable bonds is 9. The van der Waals surface area contributed by atoms with Crippen LogP contribution in [0.15, 0.2) is 54.9 Å². The minimum absolute atomic E-state index is 0.0907. The normalized spacial score (nSPS) is 22.3. The van der Waals surface area contributed by atoms with Crippen LogP contribution in [0.1, 0.15) is 58.5 Å². The first-order chi connectivity index (χ1) is 19.9. The molecule has 0 radical (unpaired) electrons. The number of benzene rings is 2. The highest BCUT2D eigenvalue weighted by atomic mass is 16.2. The predicted octanol–water partition coefficient (Wildman–Crippen LogP) is 2.89. The van der Waals surface area contributed by atoms with E-state index in [0.717, 1.165) is 40.9 Å². The Hall–Kier alpha value is -4.93. The van der Waals surface area contributed by atoms with Crippen molar-refractivity contribution < 1.29 is 19.2 Å². The van der Waals surface area contributed by atoms with Gasteiger partial charge >= 0.3 is 0 Å². The van der Waals surface area contributed by atoms with E-state index in [2.05, 4.69) is 25.9 Å². The van der Waals surface area contributed by atoms with Gasteiger partial charge in [0.2, 0.25) is 11.8 Å². The zero-order chi connectivity index (χ0) is 28.5. The summed E-state index contributed by atoms with van der Waals surface area (Å²) in [4.78, 5) is 59.6. The first-order valence-corrected chi connectivity index (χ1v) is 13.7. The van der Waals surface area contributed by atoms with Gasteiger partial charge in [-0.3, -0.25) is 34.4 Å². The number of allylic oxidation sites excluding steroid dienone is 1. The molecule has 6 rings (SSSR count). The molecule has 1 saturated carbocycles. The monoisotopic (exact) mass is 551 g/mol. The average Bonchev–Trinajstić information content (AvgIpc) is 3.20. The third-order valence-electron chi connectivity index (χ3n) is 7.93. The summed E-state index contributed by atoms with van der Waals surface area (Å²) in [7, 11) is 0. The molecule has 11 nitrogen and oxygen atoms in total. The molecule has 3 aliphatic rings. The summed E-state index contributed by atoms with van der Waals surface area (Å²) in [6, 6.07) is 12.0. The van der Waals surface area contributed by atoms with Crippen LogP contribution >= 0.6 is 0 Å². The number of piperidine rings is 1. The van der Waals surface area contributed by atoms with E-state index in [-0.39, 0.29) is 24.0 Å². The molecule has 0 bridgehead atoms. The van der Waals surface area contributed by atoms with Crippen LogP contribution in [0, 0.1) is 11.3 Å². The van der Waals surface area contributed by atoms with Gasteiger partial charge in [-0.2, -0.15) is 0 Å². The molecule has 1 aromatic heterocycles. The summed E-state index contributed by atoms with van der Waals surface area (Å²) in [6.45, 7) is 0.712. The molecule has 1 saturated heterocycles. The van der Waals surface area contributed by atoms with Crippen LogP contribution in [0.4, 0.5) is 5.69 Å². The number of hydrogen-bond acceptors (Lipinski definition) is 9. The Morgan fingerprint density at radius 1 is 1.05 bits per heavy atom. The Bertz CT molecular complexity index is 1610. The maximum absolute atomic E-state index is 13.0. The highest BCUT2D eigenvalue weighted by Crippen LogP contribution is 2.32. The number of imide groups is 2. The van der Waals surface area contributed by atoms with Gasteiger partial charge in [0, 0.05) is 42.7 Å². The fourth-order valence-electron chi connectivity index (χ4n) is 5.60. The highest BCUT2D eigenvalue weighted by molar-refractivity contribution is 6.23. The molecule has 1 unspecified atom stereocenters. The van der Waals surface area contributed by atoms with E-state index in [9.17, 15) is 19.2 Å². The van der Waals surface area contributed by atoms with Crippen molar-refractivity contribution >= 4 is 52.1 Å². The number of nitrogens with one attached hydrogen (secondary N) is 4. The van der Waals surface area contributed by atoms with Gasteiger partial charge in [-0.25, -0.2) is 4.98 Å². The van der Waals surface area contributed by atoms with Gasteiger partial charge in [-0.15, -0.1) is 0 Å². The van der Waals surface area contributed by atoms with Crippen LogP contribution < -0.4 is 16.0 Å². The number of para-hydroxylation sites is 2. The Morgan fingerprint density at radius 3 is 2.61 bits per heavy atom. The molecule has 2 aromatic carbocycles. The van der Waals surface area contributed by atoms with Crippen molar-refractivity contribution in [2.75, 3.05) is 11.9 Å². The van der Waals surface area contributed by atoms with E-state index in [1.807, 2.05) is 30.5 Å². The molecule has 208 valence electrons. The minimum atomic E-state index is -0.970. The summed E-state index contributed by atoms with van der Waals surface area (Å²) < 4.78 is 0. The molecule has 3 heterocycles. The average molecular weight is 552 g/mol. The number of nitrogens with zero attached hydrogens (tertiary/aromatic N) is 3. The zero-order valence-electron chi connectivity index (χ0n) is 22.2. The first kappa shape index (κ1) is 26.3. The third kappa shape index (κ3) is 5.18. The number of anilines is 1. The van der Waals surface area contributed by atoms with Gasteiger partial charge in [0.05, 0.1) is 34.1 Å². The Kier molecular flexibility index (Phi) is 7.00. The fraction of sp³-hybridized carbons (Fsp3) is 0.300. The van der Waals surface area contributed by atoms with Gasteiger partial charge in [-0.1, -0.05) is 12.1 Å². The molecule has 1 aliphatic carbocycles. The number of carbonyl (C=O) groups excluding carboxylic acids is 4. The predicted molar refractivity (Wildman–Crippen MR) is 152 cm³/mol. The van der Waals surface area contributed by atoms with Crippen molar-refractivity contribution in [3.05, 3.63) is 71.7 Å². The molecular formula is C30H29N7O4. The van der Waals surface area contributed by atoms with E-state index in [1.54, 1.807) is 24.4 Å². The van der Waals surface area contributed by atoms with E-state index in [1.165, 1.54) is 6.21 Å². The van der Waals surface area contributed by atoms with Crippen molar-refractivity contribution in [1.29, 1.82) is 5.41 Å². The van der Waals surface area contributed by atoms with Crippen LogP contribution in [-0.4, -0.2) is 63.3 Å². The number of hydrogen-bond donors (Lipinski definition) is 4. The summed E-state index contributed by atoms with van der Waals surface area (Å²) in [6.07, 6.45) is 7.99. The van der Waals surface area contributed by atoms with Crippen LogP contribution in [-0.2, 0) is 9.59 Å². The molecule has 2 fully saturated rings. The van der Waals surface area contributed by atoms with Crippen molar-refractivity contribution in [2.24, 2.45) is 5.92 Å². The van der Waals surface area contributed by atoms with Crippen molar-refractivity contribution in [1.82, 2.24) is 25.5 Å². The summed E-state index contributed by atoms with van der Waals surface area (Å²) in [5.74, 6) is -1.49. The SMILES string of the molecule is N=C/C(=C\NC1CC(CCNc2ccc3c(c2)C(=O)N(C2CCC(=O)NC2=O)C3=O)C1)c1cnc2ccccc2n1. The Labute approximate surface area is 235 Å². The summed E-state index contributed by atoms with van der Waals surface area (Å²) in [5, 5.41) is 16.8. The van der Waals surface area contributed by atoms with E-state index < -0.39 is 29.7 Å². The summed E-state index contributed by atoms with van der Waals surface area (Å²) >= 11 is 0. The second-order valence-corrected chi connectivity index (χ2v) is 10.6. The standard InChI is InChI=1S/C30H29N7O4/c31-14-18(25-16-34-23-3-1-2-4-24(23)35-25)15-33-20-11-17(12-20)9-10-32-19-5-6-21-22(13-19)30(41)37(29(21)40)26-7-8-27(38)36-28(26)39/h1-6,13-17,20,26,31-33H,7-12H2,(H,36,38,39)/b18-15+,31-14?. The maximum Gasteiger partial charge on any atom is 0.262 e. The van der Waals surface area contributed by atoms with Crippen LogP contribution in [0.5, 0.6) is 0 Å². The largest absolute Gasteiger partial charge is 0.388 e. The van der Waals surface area contributed by atoms with Gasteiger partial charge in [-0.05, 0) is 61.9 Å². The number of amides is 4. The molecule has 11 heteroatoms. The smallest absolute Gasteiger partial charge is 0.262 e. The van der Waals surface area contributed by atoms with Gasteiger partial charge in [0.1, 0.15) is 6.04 Å². The van der Waals surface area contributed by atoms with Crippen molar-refractivity contribution in [2.45, 2.75) is 44.2 Å². The molecule has 1 atom stereocenters. The van der Waals surface area contributed by atoms with Crippen LogP contribution in [0.2, 0.25) is 0 Å². The molecular weight excluding hydrogens is 522 g/mol.